The normalized spacial score (nSPS) is 13.9. The van der Waals surface area contributed by atoms with Crippen LogP contribution in [-0.2, 0) is 13.0 Å². The highest BCUT2D eigenvalue weighted by molar-refractivity contribution is 7.03. The van der Waals surface area contributed by atoms with E-state index in [9.17, 15) is 9.18 Å². The average Bonchev–Trinajstić information content (AvgIpc) is 3.23. The minimum Gasteiger partial charge on any atom is -0.360 e. The Balaban J connectivity index is 1.66. The average molecular weight is 330 g/mol. The van der Waals surface area contributed by atoms with Crippen molar-refractivity contribution in [2.45, 2.75) is 13.0 Å². The number of halogens is 1. The van der Waals surface area contributed by atoms with Crippen LogP contribution in [-0.4, -0.2) is 32.1 Å². The van der Waals surface area contributed by atoms with E-state index in [2.05, 4.69) is 14.7 Å². The van der Waals surface area contributed by atoms with Crippen LogP contribution in [0.3, 0.4) is 0 Å². The molecule has 1 aromatic carbocycles. The zero-order valence-corrected chi connectivity index (χ0v) is 12.7. The standard InChI is InChI=1S/C15H11FN4O2S/c16-10-3-1-2-9(6-10)14-11-7-20(5-4-13(11)22-18-14)15(21)12-8-23-19-17-12/h1-3,6,8H,4-5,7H2. The van der Waals surface area contributed by atoms with Gasteiger partial charge in [0.2, 0.25) is 0 Å². The van der Waals surface area contributed by atoms with Crippen molar-refractivity contribution < 1.29 is 13.7 Å². The quantitative estimate of drug-likeness (QED) is 0.722. The molecule has 23 heavy (non-hydrogen) atoms. The minimum atomic E-state index is -0.337. The Morgan fingerprint density at radius 3 is 3.09 bits per heavy atom. The van der Waals surface area contributed by atoms with E-state index in [1.807, 2.05) is 0 Å². The monoisotopic (exact) mass is 330 g/mol. The van der Waals surface area contributed by atoms with Crippen LogP contribution in [0, 0.1) is 5.82 Å². The molecule has 2 aromatic heterocycles. The molecule has 0 saturated carbocycles. The lowest BCUT2D eigenvalue weighted by molar-refractivity contribution is 0.0723. The fourth-order valence-corrected chi connectivity index (χ4v) is 3.09. The van der Waals surface area contributed by atoms with Crippen LogP contribution in [0.5, 0.6) is 0 Å². The van der Waals surface area contributed by atoms with E-state index < -0.39 is 0 Å². The van der Waals surface area contributed by atoms with Crippen molar-refractivity contribution in [2.24, 2.45) is 0 Å². The lowest BCUT2D eigenvalue weighted by atomic mass is 10.0. The summed E-state index contributed by atoms with van der Waals surface area (Å²) in [5.74, 6) is 0.233. The molecule has 0 radical (unpaired) electrons. The molecule has 0 bridgehead atoms. The van der Waals surface area contributed by atoms with Gasteiger partial charge in [0, 0.05) is 29.5 Å². The second kappa shape index (κ2) is 5.54. The van der Waals surface area contributed by atoms with E-state index in [1.165, 1.54) is 12.1 Å². The summed E-state index contributed by atoms with van der Waals surface area (Å²) in [5.41, 5.74) is 2.37. The maximum Gasteiger partial charge on any atom is 0.275 e. The summed E-state index contributed by atoms with van der Waals surface area (Å²) in [6, 6.07) is 6.18. The molecule has 0 atom stereocenters. The van der Waals surface area contributed by atoms with Crippen molar-refractivity contribution in [3.63, 3.8) is 0 Å². The molecular formula is C15H11FN4O2S. The molecule has 1 aliphatic heterocycles. The van der Waals surface area contributed by atoms with Crippen LogP contribution >= 0.6 is 11.5 Å². The third kappa shape index (κ3) is 2.50. The Hall–Kier alpha value is -2.61. The Kier molecular flexibility index (Phi) is 3.38. The molecule has 0 fully saturated rings. The summed E-state index contributed by atoms with van der Waals surface area (Å²) in [7, 11) is 0. The van der Waals surface area contributed by atoms with Gasteiger partial charge in [-0.3, -0.25) is 4.79 Å². The molecule has 8 heteroatoms. The summed E-state index contributed by atoms with van der Waals surface area (Å²) in [5, 5.41) is 9.50. The summed E-state index contributed by atoms with van der Waals surface area (Å²) in [6.45, 7) is 0.891. The number of fused-ring (bicyclic) bond motifs is 1. The first-order valence-corrected chi connectivity index (χ1v) is 7.86. The van der Waals surface area contributed by atoms with Gasteiger partial charge >= 0.3 is 0 Å². The van der Waals surface area contributed by atoms with Gasteiger partial charge < -0.3 is 9.42 Å². The van der Waals surface area contributed by atoms with Gasteiger partial charge in [0.25, 0.3) is 5.91 Å². The number of amides is 1. The second-order valence-corrected chi connectivity index (χ2v) is 5.82. The third-order valence-electron chi connectivity index (χ3n) is 3.79. The molecule has 1 aliphatic rings. The molecular weight excluding hydrogens is 319 g/mol. The summed E-state index contributed by atoms with van der Waals surface area (Å²) in [4.78, 5) is 14.1. The molecule has 3 heterocycles. The van der Waals surface area contributed by atoms with Gasteiger partial charge in [0.05, 0.1) is 6.54 Å². The molecule has 0 aliphatic carbocycles. The highest BCUT2D eigenvalue weighted by Crippen LogP contribution is 2.30. The summed E-state index contributed by atoms with van der Waals surface area (Å²) in [6.07, 6.45) is 0.570. The fraction of sp³-hybridized carbons (Fsp3) is 0.200. The molecule has 116 valence electrons. The number of aromatic nitrogens is 3. The van der Waals surface area contributed by atoms with Crippen molar-refractivity contribution in [2.75, 3.05) is 6.54 Å². The lowest BCUT2D eigenvalue weighted by Crippen LogP contribution is -2.35. The molecule has 0 unspecified atom stereocenters. The number of rotatable bonds is 2. The number of hydrogen-bond donors (Lipinski definition) is 0. The molecule has 3 aromatic rings. The third-order valence-corrected chi connectivity index (χ3v) is 4.30. The highest BCUT2D eigenvalue weighted by atomic mass is 32.1. The van der Waals surface area contributed by atoms with Gasteiger partial charge in [-0.15, -0.1) is 5.10 Å². The first-order valence-electron chi connectivity index (χ1n) is 7.02. The maximum absolute atomic E-state index is 13.4. The molecule has 0 N–H and O–H groups in total. The first kappa shape index (κ1) is 14.0. The van der Waals surface area contributed by atoms with Crippen LogP contribution < -0.4 is 0 Å². The zero-order chi connectivity index (χ0) is 15.8. The van der Waals surface area contributed by atoms with Crippen LogP contribution in [0.2, 0.25) is 0 Å². The maximum atomic E-state index is 13.4. The molecule has 0 saturated heterocycles. The molecule has 6 nitrogen and oxygen atoms in total. The van der Waals surface area contributed by atoms with Crippen LogP contribution in [0.25, 0.3) is 11.3 Å². The number of nitrogens with zero attached hydrogens (tertiary/aromatic N) is 4. The van der Waals surface area contributed by atoms with Gasteiger partial charge in [-0.25, -0.2) is 4.39 Å². The van der Waals surface area contributed by atoms with Crippen molar-refractivity contribution in [3.8, 4) is 11.3 Å². The fourth-order valence-electron chi connectivity index (χ4n) is 2.66. The van der Waals surface area contributed by atoms with Crippen molar-refractivity contribution >= 4 is 17.4 Å². The van der Waals surface area contributed by atoms with Gasteiger partial charge in [-0.2, -0.15) is 0 Å². The van der Waals surface area contributed by atoms with Crippen LogP contribution in [0.15, 0.2) is 34.2 Å². The van der Waals surface area contributed by atoms with Gasteiger partial charge in [-0.1, -0.05) is 21.8 Å². The number of carbonyl (C=O) groups excluding carboxylic acids is 1. The van der Waals surface area contributed by atoms with Gasteiger partial charge in [-0.05, 0) is 23.7 Å². The lowest BCUT2D eigenvalue weighted by Gasteiger charge is -2.25. The summed E-state index contributed by atoms with van der Waals surface area (Å²) < 4.78 is 22.5. The molecule has 1 amide bonds. The highest BCUT2D eigenvalue weighted by Gasteiger charge is 2.29. The number of hydrogen-bond acceptors (Lipinski definition) is 6. The smallest absolute Gasteiger partial charge is 0.275 e. The first-order chi connectivity index (χ1) is 11.2. The van der Waals surface area contributed by atoms with E-state index in [0.717, 1.165) is 22.9 Å². The van der Waals surface area contributed by atoms with Crippen molar-refractivity contribution in [3.05, 3.63) is 52.5 Å². The van der Waals surface area contributed by atoms with Gasteiger partial charge in [0.15, 0.2) is 5.69 Å². The summed E-state index contributed by atoms with van der Waals surface area (Å²) >= 11 is 1.14. The van der Waals surface area contributed by atoms with E-state index in [0.29, 0.717) is 36.5 Å². The predicted octanol–water partition coefficient (Wildman–Crippen LogP) is 2.53. The van der Waals surface area contributed by atoms with Crippen LogP contribution in [0.1, 0.15) is 21.8 Å². The SMILES string of the molecule is O=C(c1csnn1)N1CCc2onc(-c3cccc(F)c3)c2C1. The topological polar surface area (TPSA) is 72.1 Å². The minimum absolute atomic E-state index is 0.171. The predicted molar refractivity (Wildman–Crippen MR) is 80.3 cm³/mol. The number of carbonyl (C=O) groups is 1. The van der Waals surface area contributed by atoms with E-state index in [4.69, 9.17) is 4.52 Å². The Morgan fingerprint density at radius 2 is 2.30 bits per heavy atom. The van der Waals surface area contributed by atoms with Gasteiger partial charge in [0.1, 0.15) is 17.3 Å². The Bertz CT molecular complexity index is 862. The van der Waals surface area contributed by atoms with Crippen LogP contribution in [0.4, 0.5) is 4.39 Å². The van der Waals surface area contributed by atoms with E-state index in [1.54, 1.807) is 22.4 Å². The Morgan fingerprint density at radius 1 is 1.39 bits per heavy atom. The second-order valence-electron chi connectivity index (χ2n) is 5.21. The zero-order valence-electron chi connectivity index (χ0n) is 11.9. The molecule has 0 spiro atoms. The van der Waals surface area contributed by atoms with E-state index >= 15 is 0 Å². The van der Waals surface area contributed by atoms with Crippen molar-refractivity contribution in [1.29, 1.82) is 0 Å². The Labute approximate surface area is 134 Å². The largest absolute Gasteiger partial charge is 0.360 e. The van der Waals surface area contributed by atoms with Crippen molar-refractivity contribution in [1.82, 2.24) is 19.6 Å². The number of benzene rings is 1. The van der Waals surface area contributed by atoms with E-state index in [-0.39, 0.29) is 11.7 Å². The molecule has 4 rings (SSSR count).